The fourth-order valence-electron chi connectivity index (χ4n) is 3.26. The van der Waals surface area contributed by atoms with Gasteiger partial charge in [-0.3, -0.25) is 4.79 Å². The first-order chi connectivity index (χ1) is 16.6. The van der Waals surface area contributed by atoms with Crippen molar-refractivity contribution in [3.63, 3.8) is 0 Å². The molecule has 0 bridgehead atoms. The summed E-state index contributed by atoms with van der Waals surface area (Å²) in [4.78, 5) is 25.1. The fraction of sp³-hybridized carbons (Fsp3) is 0.167. The molecule has 0 saturated carbocycles. The number of alkyl halides is 3. The van der Waals surface area contributed by atoms with Crippen LogP contribution in [-0.4, -0.2) is 32.5 Å². The number of imidazole rings is 1. The number of benzene rings is 2. The summed E-state index contributed by atoms with van der Waals surface area (Å²) in [5, 5.41) is 5.43. The molecule has 0 atom stereocenters. The standard InChI is InChI=1S/C24H21F3N6O2/c1-14-4-5-16(6-20(14)35-22-10-21(28-3)29-12-30-22)23(34)32-18-7-17(24(25,26)27)8-19(9-18)33-11-15(2)31-13-33/h4-13H,1-3H3,(H,32,34)(H,28,29,30). The lowest BCUT2D eigenvalue weighted by Crippen LogP contribution is -2.14. The van der Waals surface area contributed by atoms with Gasteiger partial charge in [0.1, 0.15) is 17.9 Å². The Kier molecular flexibility index (Phi) is 6.41. The second-order valence-corrected chi connectivity index (χ2v) is 7.72. The van der Waals surface area contributed by atoms with Crippen LogP contribution in [0.3, 0.4) is 0 Å². The Morgan fingerprint density at radius 2 is 1.83 bits per heavy atom. The van der Waals surface area contributed by atoms with Crippen LogP contribution in [0.4, 0.5) is 24.7 Å². The maximum atomic E-state index is 13.5. The number of hydrogen-bond acceptors (Lipinski definition) is 6. The van der Waals surface area contributed by atoms with Crippen LogP contribution in [0.25, 0.3) is 5.69 Å². The van der Waals surface area contributed by atoms with Gasteiger partial charge in [-0.05, 0) is 49.7 Å². The number of rotatable bonds is 6. The highest BCUT2D eigenvalue weighted by atomic mass is 19.4. The van der Waals surface area contributed by atoms with Gasteiger partial charge in [0.15, 0.2) is 0 Å². The molecule has 2 heterocycles. The Labute approximate surface area is 198 Å². The third-order valence-electron chi connectivity index (χ3n) is 5.08. The summed E-state index contributed by atoms with van der Waals surface area (Å²) in [5.74, 6) is 0.593. The van der Waals surface area contributed by atoms with Gasteiger partial charge in [-0.1, -0.05) is 6.07 Å². The fourth-order valence-corrected chi connectivity index (χ4v) is 3.26. The quantitative estimate of drug-likeness (QED) is 0.383. The number of carbonyl (C=O) groups is 1. The van der Waals surface area contributed by atoms with Crippen LogP contribution in [0, 0.1) is 13.8 Å². The second kappa shape index (κ2) is 9.45. The van der Waals surface area contributed by atoms with Crippen LogP contribution in [-0.2, 0) is 6.18 Å². The number of nitrogens with zero attached hydrogens (tertiary/aromatic N) is 4. The van der Waals surface area contributed by atoms with Crippen LogP contribution in [0.1, 0.15) is 27.2 Å². The SMILES string of the molecule is CNc1cc(Oc2cc(C(=O)Nc3cc(-n4cnc(C)c4)cc(C(F)(F)F)c3)ccc2C)ncn1. The van der Waals surface area contributed by atoms with Gasteiger partial charge in [0.25, 0.3) is 5.91 Å². The van der Waals surface area contributed by atoms with Gasteiger partial charge in [-0.15, -0.1) is 0 Å². The van der Waals surface area contributed by atoms with E-state index >= 15 is 0 Å². The van der Waals surface area contributed by atoms with Gasteiger partial charge < -0.3 is 19.9 Å². The lowest BCUT2D eigenvalue weighted by atomic mass is 10.1. The molecular formula is C24H21F3N6O2. The lowest BCUT2D eigenvalue weighted by Gasteiger charge is -2.14. The number of hydrogen-bond donors (Lipinski definition) is 2. The lowest BCUT2D eigenvalue weighted by molar-refractivity contribution is -0.137. The molecule has 4 aromatic rings. The molecule has 0 spiro atoms. The molecule has 0 aliphatic heterocycles. The Morgan fingerprint density at radius 1 is 1.03 bits per heavy atom. The average Bonchev–Trinajstić information content (AvgIpc) is 3.26. The van der Waals surface area contributed by atoms with Crippen molar-refractivity contribution >= 4 is 17.4 Å². The van der Waals surface area contributed by atoms with Crippen LogP contribution in [0.15, 0.2) is 61.3 Å². The van der Waals surface area contributed by atoms with Gasteiger partial charge in [-0.2, -0.15) is 13.2 Å². The molecule has 2 N–H and O–H groups in total. The minimum atomic E-state index is -4.60. The number of nitrogens with one attached hydrogen (secondary N) is 2. The molecule has 0 fully saturated rings. The first-order valence-corrected chi connectivity index (χ1v) is 10.5. The third-order valence-corrected chi connectivity index (χ3v) is 5.08. The topological polar surface area (TPSA) is 94.0 Å². The molecule has 35 heavy (non-hydrogen) atoms. The number of ether oxygens (including phenoxy) is 1. The van der Waals surface area contributed by atoms with Crippen molar-refractivity contribution in [3.8, 4) is 17.3 Å². The zero-order chi connectivity index (χ0) is 25.2. The van der Waals surface area contributed by atoms with E-state index in [0.29, 0.717) is 17.3 Å². The van der Waals surface area contributed by atoms with E-state index in [0.717, 1.165) is 17.7 Å². The minimum Gasteiger partial charge on any atom is -0.439 e. The Bertz CT molecular complexity index is 1380. The summed E-state index contributed by atoms with van der Waals surface area (Å²) in [6.07, 6.45) is -0.260. The summed E-state index contributed by atoms with van der Waals surface area (Å²) < 4.78 is 47.8. The number of carbonyl (C=O) groups excluding carboxylic acids is 1. The maximum absolute atomic E-state index is 13.5. The molecule has 2 aromatic heterocycles. The van der Waals surface area contributed by atoms with Crippen LogP contribution in [0.2, 0.25) is 0 Å². The molecule has 0 aliphatic carbocycles. The molecule has 8 nitrogen and oxygen atoms in total. The van der Waals surface area contributed by atoms with Gasteiger partial charge in [0.2, 0.25) is 5.88 Å². The van der Waals surface area contributed by atoms with E-state index in [9.17, 15) is 18.0 Å². The maximum Gasteiger partial charge on any atom is 0.416 e. The summed E-state index contributed by atoms with van der Waals surface area (Å²) in [5.41, 5.74) is 0.893. The molecule has 180 valence electrons. The normalized spacial score (nSPS) is 11.3. The second-order valence-electron chi connectivity index (χ2n) is 7.72. The molecule has 0 unspecified atom stereocenters. The van der Waals surface area contributed by atoms with E-state index in [1.54, 1.807) is 45.3 Å². The number of halogens is 3. The highest BCUT2D eigenvalue weighted by Gasteiger charge is 2.31. The Morgan fingerprint density at radius 3 is 2.51 bits per heavy atom. The number of anilines is 2. The summed E-state index contributed by atoms with van der Waals surface area (Å²) in [7, 11) is 1.70. The Balaban J connectivity index is 1.62. The molecule has 2 aromatic carbocycles. The van der Waals surface area contributed by atoms with Crippen molar-refractivity contribution in [1.29, 1.82) is 0 Å². The molecule has 0 saturated heterocycles. The smallest absolute Gasteiger partial charge is 0.416 e. The monoisotopic (exact) mass is 482 g/mol. The summed E-state index contributed by atoms with van der Waals surface area (Å²) in [6, 6.07) is 9.65. The highest BCUT2D eigenvalue weighted by Crippen LogP contribution is 2.33. The van der Waals surface area contributed by atoms with E-state index in [1.165, 1.54) is 29.4 Å². The zero-order valence-electron chi connectivity index (χ0n) is 19.0. The van der Waals surface area contributed by atoms with E-state index in [-0.39, 0.29) is 22.8 Å². The van der Waals surface area contributed by atoms with Gasteiger partial charge in [-0.25, -0.2) is 15.0 Å². The zero-order valence-corrected chi connectivity index (χ0v) is 19.0. The van der Waals surface area contributed by atoms with Crippen molar-refractivity contribution in [2.24, 2.45) is 0 Å². The predicted octanol–water partition coefficient (Wildman–Crippen LogP) is 5.38. The van der Waals surface area contributed by atoms with E-state index < -0.39 is 17.6 Å². The number of aryl methyl sites for hydroxylation is 2. The van der Waals surface area contributed by atoms with E-state index in [2.05, 4.69) is 25.6 Å². The third kappa shape index (κ3) is 5.57. The largest absolute Gasteiger partial charge is 0.439 e. The highest BCUT2D eigenvalue weighted by molar-refractivity contribution is 6.04. The van der Waals surface area contributed by atoms with E-state index in [1.807, 2.05) is 0 Å². The van der Waals surface area contributed by atoms with Crippen molar-refractivity contribution in [2.75, 3.05) is 17.7 Å². The predicted molar refractivity (Wildman–Crippen MR) is 124 cm³/mol. The average molecular weight is 482 g/mol. The van der Waals surface area contributed by atoms with Gasteiger partial charge in [0, 0.05) is 36.2 Å². The van der Waals surface area contributed by atoms with E-state index in [4.69, 9.17) is 4.74 Å². The van der Waals surface area contributed by atoms with Crippen molar-refractivity contribution in [3.05, 3.63) is 83.7 Å². The minimum absolute atomic E-state index is 0.0105. The molecular weight excluding hydrogens is 461 g/mol. The first-order valence-electron chi connectivity index (χ1n) is 10.5. The van der Waals surface area contributed by atoms with Crippen molar-refractivity contribution < 1.29 is 22.7 Å². The molecule has 4 rings (SSSR count). The van der Waals surface area contributed by atoms with Crippen LogP contribution >= 0.6 is 0 Å². The van der Waals surface area contributed by atoms with Crippen molar-refractivity contribution in [1.82, 2.24) is 19.5 Å². The molecule has 1 amide bonds. The van der Waals surface area contributed by atoms with Crippen molar-refractivity contribution in [2.45, 2.75) is 20.0 Å². The first kappa shape index (κ1) is 23.7. The molecule has 0 radical (unpaired) electrons. The summed E-state index contributed by atoms with van der Waals surface area (Å²) >= 11 is 0. The van der Waals surface area contributed by atoms with Crippen LogP contribution in [0.5, 0.6) is 11.6 Å². The van der Waals surface area contributed by atoms with Gasteiger partial charge in [0.05, 0.1) is 17.6 Å². The van der Waals surface area contributed by atoms with Crippen LogP contribution < -0.4 is 15.4 Å². The summed E-state index contributed by atoms with van der Waals surface area (Å²) in [6.45, 7) is 3.52. The number of amides is 1. The number of aromatic nitrogens is 4. The van der Waals surface area contributed by atoms with Gasteiger partial charge >= 0.3 is 6.18 Å². The Hall–Kier alpha value is -4.41. The molecule has 0 aliphatic rings. The molecule has 11 heteroatoms.